The van der Waals surface area contributed by atoms with Gasteiger partial charge in [0.15, 0.2) is 5.11 Å². The standard InChI is InChI=1S/C22H19BrN2O2S/c23-18-9-5-10-19(15-18)24-22(28)25-21(26)17-8-4-11-20(14-17)27-13-12-16-6-2-1-3-7-16/h1-11,14-15H,12-13H2,(H2,24,25,26,28). The summed E-state index contributed by atoms with van der Waals surface area (Å²) >= 11 is 8.62. The van der Waals surface area contributed by atoms with Crippen LogP contribution in [0.25, 0.3) is 0 Å². The van der Waals surface area contributed by atoms with Crippen molar-refractivity contribution >= 4 is 44.9 Å². The predicted octanol–water partition coefficient (Wildman–Crippen LogP) is 5.20. The number of amides is 1. The number of carbonyl (C=O) groups excluding carboxylic acids is 1. The zero-order valence-corrected chi connectivity index (χ0v) is 17.4. The van der Waals surface area contributed by atoms with E-state index < -0.39 is 0 Å². The molecule has 0 radical (unpaired) electrons. The number of hydrogen-bond acceptors (Lipinski definition) is 3. The van der Waals surface area contributed by atoms with Gasteiger partial charge in [0.1, 0.15) is 5.75 Å². The molecule has 0 aliphatic rings. The van der Waals surface area contributed by atoms with E-state index in [0.717, 1.165) is 16.6 Å². The molecule has 0 unspecified atom stereocenters. The molecule has 0 aromatic heterocycles. The summed E-state index contributed by atoms with van der Waals surface area (Å²) < 4.78 is 6.70. The van der Waals surface area contributed by atoms with E-state index in [0.29, 0.717) is 17.9 Å². The fourth-order valence-corrected chi connectivity index (χ4v) is 3.17. The second-order valence-electron chi connectivity index (χ2n) is 6.03. The average molecular weight is 455 g/mol. The first-order valence-corrected chi connectivity index (χ1v) is 9.95. The normalized spacial score (nSPS) is 10.2. The van der Waals surface area contributed by atoms with Crippen LogP contribution < -0.4 is 15.4 Å². The molecule has 0 bridgehead atoms. The smallest absolute Gasteiger partial charge is 0.257 e. The number of rotatable bonds is 6. The lowest BCUT2D eigenvalue weighted by atomic mass is 10.2. The number of nitrogens with one attached hydrogen (secondary N) is 2. The van der Waals surface area contributed by atoms with E-state index in [2.05, 4.69) is 38.7 Å². The fraction of sp³-hybridized carbons (Fsp3) is 0.0909. The Kier molecular flexibility index (Phi) is 7.17. The molecule has 3 aromatic rings. The number of hydrogen-bond donors (Lipinski definition) is 2. The van der Waals surface area contributed by atoms with E-state index in [-0.39, 0.29) is 11.0 Å². The summed E-state index contributed by atoms with van der Waals surface area (Å²) in [4.78, 5) is 12.5. The van der Waals surface area contributed by atoms with Crippen molar-refractivity contribution in [1.82, 2.24) is 5.32 Å². The first kappa shape index (κ1) is 20.0. The summed E-state index contributed by atoms with van der Waals surface area (Å²) in [7, 11) is 0. The fourth-order valence-electron chi connectivity index (χ4n) is 2.56. The molecule has 4 nitrogen and oxygen atoms in total. The maximum atomic E-state index is 12.5. The molecule has 0 saturated heterocycles. The quantitative estimate of drug-likeness (QED) is 0.502. The van der Waals surface area contributed by atoms with Crippen LogP contribution in [0.2, 0.25) is 0 Å². The molecular formula is C22H19BrN2O2S. The van der Waals surface area contributed by atoms with E-state index in [9.17, 15) is 4.79 Å². The second kappa shape index (κ2) is 10.0. The average Bonchev–Trinajstić information content (AvgIpc) is 2.69. The summed E-state index contributed by atoms with van der Waals surface area (Å²) in [6.45, 7) is 0.540. The van der Waals surface area contributed by atoms with Crippen molar-refractivity contribution in [2.24, 2.45) is 0 Å². The van der Waals surface area contributed by atoms with Gasteiger partial charge in [0.2, 0.25) is 0 Å². The molecule has 1 amide bonds. The van der Waals surface area contributed by atoms with Gasteiger partial charge >= 0.3 is 0 Å². The largest absolute Gasteiger partial charge is 0.493 e. The Labute approximate surface area is 178 Å². The van der Waals surface area contributed by atoms with Crippen LogP contribution in [0.1, 0.15) is 15.9 Å². The van der Waals surface area contributed by atoms with Crippen molar-refractivity contribution in [3.63, 3.8) is 0 Å². The van der Waals surface area contributed by atoms with Crippen LogP contribution in [0, 0.1) is 0 Å². The van der Waals surface area contributed by atoms with E-state index >= 15 is 0 Å². The van der Waals surface area contributed by atoms with E-state index in [1.54, 1.807) is 18.2 Å². The predicted molar refractivity (Wildman–Crippen MR) is 120 cm³/mol. The minimum absolute atomic E-state index is 0.235. The zero-order chi connectivity index (χ0) is 19.8. The van der Waals surface area contributed by atoms with Gasteiger partial charge in [-0.3, -0.25) is 10.1 Å². The van der Waals surface area contributed by atoms with Gasteiger partial charge in [-0.2, -0.15) is 0 Å². The maximum absolute atomic E-state index is 12.5. The summed E-state index contributed by atoms with van der Waals surface area (Å²) in [5.41, 5.74) is 2.48. The molecule has 0 heterocycles. The highest BCUT2D eigenvalue weighted by Crippen LogP contribution is 2.16. The van der Waals surface area contributed by atoms with Crippen molar-refractivity contribution in [2.75, 3.05) is 11.9 Å². The Morgan fingerprint density at radius 1 is 0.964 bits per heavy atom. The van der Waals surface area contributed by atoms with Crippen LogP contribution >= 0.6 is 28.1 Å². The summed E-state index contributed by atoms with van der Waals surface area (Å²) in [6.07, 6.45) is 0.803. The third-order valence-corrected chi connectivity index (χ3v) is 4.61. The van der Waals surface area contributed by atoms with Crippen molar-refractivity contribution in [3.05, 3.63) is 94.5 Å². The Hall–Kier alpha value is -2.70. The monoisotopic (exact) mass is 454 g/mol. The van der Waals surface area contributed by atoms with E-state index in [1.165, 1.54) is 5.56 Å². The zero-order valence-electron chi connectivity index (χ0n) is 15.0. The molecule has 0 aliphatic carbocycles. The van der Waals surface area contributed by atoms with Crippen molar-refractivity contribution in [2.45, 2.75) is 6.42 Å². The lowest BCUT2D eigenvalue weighted by Gasteiger charge is -2.11. The van der Waals surface area contributed by atoms with Gasteiger partial charge in [-0.15, -0.1) is 0 Å². The van der Waals surface area contributed by atoms with Crippen molar-refractivity contribution in [1.29, 1.82) is 0 Å². The van der Waals surface area contributed by atoms with Crippen molar-refractivity contribution < 1.29 is 9.53 Å². The van der Waals surface area contributed by atoms with Gasteiger partial charge in [-0.05, 0) is 54.2 Å². The number of thiocarbonyl (C=S) groups is 1. The molecule has 0 saturated carbocycles. The molecule has 3 rings (SSSR count). The number of anilines is 1. The molecule has 3 aromatic carbocycles. The van der Waals surface area contributed by atoms with Crippen LogP contribution in [0.3, 0.4) is 0 Å². The molecule has 0 aliphatic heterocycles. The second-order valence-corrected chi connectivity index (χ2v) is 7.35. The molecule has 6 heteroatoms. The van der Waals surface area contributed by atoms with Crippen LogP contribution in [-0.2, 0) is 6.42 Å². The highest BCUT2D eigenvalue weighted by atomic mass is 79.9. The summed E-state index contributed by atoms with van der Waals surface area (Å²) in [5, 5.41) is 5.91. The molecular weight excluding hydrogens is 436 g/mol. The van der Waals surface area contributed by atoms with E-state index in [1.807, 2.05) is 48.5 Å². The third kappa shape index (κ3) is 6.18. The Morgan fingerprint density at radius 3 is 2.54 bits per heavy atom. The van der Waals surface area contributed by atoms with Crippen molar-refractivity contribution in [3.8, 4) is 5.75 Å². The van der Waals surface area contributed by atoms with Gasteiger partial charge in [0.05, 0.1) is 6.61 Å². The highest BCUT2D eigenvalue weighted by molar-refractivity contribution is 9.10. The first-order valence-electron chi connectivity index (χ1n) is 8.75. The van der Waals surface area contributed by atoms with Crippen LogP contribution in [-0.4, -0.2) is 17.6 Å². The van der Waals surface area contributed by atoms with Gasteiger partial charge in [-0.1, -0.05) is 58.4 Å². The lowest BCUT2D eigenvalue weighted by Crippen LogP contribution is -2.34. The topological polar surface area (TPSA) is 50.4 Å². The molecule has 0 spiro atoms. The maximum Gasteiger partial charge on any atom is 0.257 e. The third-order valence-electron chi connectivity index (χ3n) is 3.91. The molecule has 0 atom stereocenters. The number of carbonyl (C=O) groups is 1. The van der Waals surface area contributed by atoms with Crippen LogP contribution in [0.15, 0.2) is 83.3 Å². The first-order chi connectivity index (χ1) is 13.6. The SMILES string of the molecule is O=C(NC(=S)Nc1cccc(Br)c1)c1cccc(OCCc2ccccc2)c1. The number of halogens is 1. The lowest BCUT2D eigenvalue weighted by molar-refractivity contribution is 0.0977. The van der Waals surface area contributed by atoms with Crippen LogP contribution in [0.4, 0.5) is 5.69 Å². The number of ether oxygens (including phenoxy) is 1. The summed E-state index contributed by atoms with van der Waals surface area (Å²) in [5.74, 6) is 0.357. The minimum Gasteiger partial charge on any atom is -0.493 e. The van der Waals surface area contributed by atoms with E-state index in [4.69, 9.17) is 17.0 Å². The summed E-state index contributed by atoms with van der Waals surface area (Å²) in [6, 6.07) is 24.7. The molecule has 2 N–H and O–H groups in total. The van der Waals surface area contributed by atoms with Gasteiger partial charge in [0.25, 0.3) is 5.91 Å². The minimum atomic E-state index is -0.291. The Balaban J connectivity index is 1.53. The Bertz CT molecular complexity index is 964. The molecule has 142 valence electrons. The number of benzene rings is 3. The van der Waals surface area contributed by atoms with Crippen LogP contribution in [0.5, 0.6) is 5.75 Å². The Morgan fingerprint density at radius 2 is 1.75 bits per heavy atom. The van der Waals surface area contributed by atoms with Gasteiger partial charge < -0.3 is 10.1 Å². The molecule has 0 fully saturated rings. The highest BCUT2D eigenvalue weighted by Gasteiger charge is 2.09. The van der Waals surface area contributed by atoms with Gasteiger partial charge in [-0.25, -0.2) is 0 Å². The molecule has 28 heavy (non-hydrogen) atoms. The van der Waals surface area contributed by atoms with Gasteiger partial charge in [0, 0.05) is 22.1 Å².